The summed E-state index contributed by atoms with van der Waals surface area (Å²) < 4.78 is 18.6. The molecule has 2 nitrogen and oxygen atoms in total. The number of rotatable bonds is 2. The smallest absolute Gasteiger partial charge is 0.213 e. The number of ether oxygens (including phenoxy) is 1. The Morgan fingerprint density at radius 3 is 2.59 bits per heavy atom. The molecule has 0 unspecified atom stereocenters. The van der Waals surface area contributed by atoms with Crippen molar-refractivity contribution in [1.29, 1.82) is 0 Å². The third kappa shape index (κ3) is 2.51. The minimum Gasteiger partial charge on any atom is -0.481 e. The number of hydrogen-bond acceptors (Lipinski definition) is 2. The van der Waals surface area contributed by atoms with Crippen molar-refractivity contribution in [2.24, 2.45) is 0 Å². The lowest BCUT2D eigenvalue weighted by atomic mass is 10.1. The van der Waals surface area contributed by atoms with E-state index in [2.05, 4.69) is 4.98 Å². The molecule has 0 amide bonds. The Morgan fingerprint density at radius 2 is 1.94 bits per heavy atom. The zero-order chi connectivity index (χ0) is 12.4. The fourth-order valence-electron chi connectivity index (χ4n) is 1.42. The molecular weight excluding hydrogens is 264 g/mol. The second kappa shape index (κ2) is 4.90. The summed E-state index contributed by atoms with van der Waals surface area (Å²) in [6.07, 6.45) is 1.11. The van der Waals surface area contributed by atoms with E-state index in [-0.39, 0.29) is 0 Å². The molecule has 0 aliphatic heterocycles. The van der Waals surface area contributed by atoms with Crippen LogP contribution in [0.5, 0.6) is 5.88 Å². The average Bonchev–Trinajstić information content (AvgIpc) is 2.33. The van der Waals surface area contributed by atoms with Gasteiger partial charge in [0.25, 0.3) is 0 Å². The minimum absolute atomic E-state index is 0.340. The molecule has 1 aromatic heterocycles. The molecule has 1 aromatic carbocycles. The lowest BCUT2D eigenvalue weighted by molar-refractivity contribution is 0.396. The molecule has 0 fully saturated rings. The molecule has 1 heterocycles. The highest BCUT2D eigenvalue weighted by Crippen LogP contribution is 2.31. The predicted octanol–water partition coefficient (Wildman–Crippen LogP) is 4.20. The monoisotopic (exact) mass is 271 g/mol. The summed E-state index contributed by atoms with van der Waals surface area (Å²) in [5.41, 5.74) is 0.994. The topological polar surface area (TPSA) is 22.1 Å². The highest BCUT2D eigenvalue weighted by Gasteiger charge is 2.09. The Labute approximate surface area is 108 Å². The van der Waals surface area contributed by atoms with Crippen molar-refractivity contribution in [3.63, 3.8) is 0 Å². The van der Waals surface area contributed by atoms with Crippen LogP contribution in [0, 0.1) is 5.82 Å². The van der Waals surface area contributed by atoms with Gasteiger partial charge in [0.05, 0.1) is 23.4 Å². The van der Waals surface area contributed by atoms with Crippen LogP contribution in [0.4, 0.5) is 4.39 Å². The molecule has 0 spiro atoms. The second-order valence-electron chi connectivity index (χ2n) is 3.34. The number of methoxy groups -OCH3 is 1. The van der Waals surface area contributed by atoms with E-state index in [1.807, 2.05) is 0 Å². The standard InChI is InChI=1S/C12H8Cl2FNO/c1-17-12-5-8(11(15)6-16-12)7-2-3-9(13)10(14)4-7/h2-6H,1H3. The Kier molecular flexibility index (Phi) is 3.50. The number of nitrogens with zero attached hydrogens (tertiary/aromatic N) is 1. The first-order valence-electron chi connectivity index (χ1n) is 4.77. The van der Waals surface area contributed by atoms with Crippen molar-refractivity contribution in [1.82, 2.24) is 4.98 Å². The normalized spacial score (nSPS) is 10.4. The maximum absolute atomic E-state index is 13.6. The Hall–Kier alpha value is -1.32. The molecule has 0 aliphatic carbocycles. The van der Waals surface area contributed by atoms with Gasteiger partial charge in [0, 0.05) is 11.6 Å². The van der Waals surface area contributed by atoms with Crippen LogP contribution in [-0.2, 0) is 0 Å². The fraction of sp³-hybridized carbons (Fsp3) is 0.0833. The summed E-state index contributed by atoms with van der Waals surface area (Å²) >= 11 is 11.7. The maximum atomic E-state index is 13.6. The number of aromatic nitrogens is 1. The van der Waals surface area contributed by atoms with Gasteiger partial charge in [-0.2, -0.15) is 0 Å². The Balaban J connectivity index is 2.55. The number of pyridine rings is 1. The molecule has 0 N–H and O–H groups in total. The van der Waals surface area contributed by atoms with Crippen molar-refractivity contribution in [2.75, 3.05) is 7.11 Å². The summed E-state index contributed by atoms with van der Waals surface area (Å²) in [5, 5.41) is 0.802. The van der Waals surface area contributed by atoms with E-state index in [9.17, 15) is 4.39 Å². The Morgan fingerprint density at radius 1 is 1.18 bits per heavy atom. The van der Waals surface area contributed by atoms with E-state index < -0.39 is 5.82 Å². The molecule has 0 atom stereocenters. The van der Waals surface area contributed by atoms with Gasteiger partial charge in [-0.25, -0.2) is 9.37 Å². The summed E-state index contributed by atoms with van der Waals surface area (Å²) in [4.78, 5) is 3.77. The number of benzene rings is 1. The fourth-order valence-corrected chi connectivity index (χ4v) is 1.71. The predicted molar refractivity (Wildman–Crippen MR) is 66.2 cm³/mol. The van der Waals surface area contributed by atoms with Crippen molar-refractivity contribution in [2.45, 2.75) is 0 Å². The van der Waals surface area contributed by atoms with Gasteiger partial charge < -0.3 is 4.74 Å². The molecule has 2 rings (SSSR count). The van der Waals surface area contributed by atoms with Gasteiger partial charge in [-0.3, -0.25) is 0 Å². The lowest BCUT2D eigenvalue weighted by Crippen LogP contribution is -1.91. The minimum atomic E-state index is -0.441. The molecule has 0 radical (unpaired) electrons. The van der Waals surface area contributed by atoms with Crippen LogP contribution >= 0.6 is 23.2 Å². The molecule has 0 saturated heterocycles. The van der Waals surface area contributed by atoms with Gasteiger partial charge in [0.15, 0.2) is 0 Å². The van der Waals surface area contributed by atoms with Crippen LogP contribution < -0.4 is 4.74 Å². The summed E-state index contributed by atoms with van der Waals surface area (Å²) in [6.45, 7) is 0. The van der Waals surface area contributed by atoms with Crippen molar-refractivity contribution < 1.29 is 9.13 Å². The second-order valence-corrected chi connectivity index (χ2v) is 4.15. The third-order valence-electron chi connectivity index (χ3n) is 2.27. The van der Waals surface area contributed by atoms with E-state index in [0.29, 0.717) is 27.1 Å². The average molecular weight is 272 g/mol. The van der Waals surface area contributed by atoms with Gasteiger partial charge in [0.2, 0.25) is 5.88 Å². The molecule has 88 valence electrons. The van der Waals surface area contributed by atoms with Crippen molar-refractivity contribution in [3.8, 4) is 17.0 Å². The zero-order valence-electron chi connectivity index (χ0n) is 8.88. The van der Waals surface area contributed by atoms with Crippen LogP contribution in [0.2, 0.25) is 10.0 Å². The van der Waals surface area contributed by atoms with E-state index in [1.54, 1.807) is 18.2 Å². The molecule has 2 aromatic rings. The highest BCUT2D eigenvalue weighted by atomic mass is 35.5. The van der Waals surface area contributed by atoms with Crippen molar-refractivity contribution >= 4 is 23.2 Å². The van der Waals surface area contributed by atoms with Crippen LogP contribution in [0.1, 0.15) is 0 Å². The molecule has 17 heavy (non-hydrogen) atoms. The first-order chi connectivity index (χ1) is 8.11. The lowest BCUT2D eigenvalue weighted by Gasteiger charge is -2.06. The van der Waals surface area contributed by atoms with E-state index in [4.69, 9.17) is 27.9 Å². The third-order valence-corrected chi connectivity index (χ3v) is 3.01. The van der Waals surface area contributed by atoms with Gasteiger partial charge in [-0.1, -0.05) is 29.3 Å². The quantitative estimate of drug-likeness (QED) is 0.817. The van der Waals surface area contributed by atoms with Gasteiger partial charge in [-0.15, -0.1) is 0 Å². The van der Waals surface area contributed by atoms with E-state index in [1.165, 1.54) is 13.2 Å². The molecule has 5 heteroatoms. The molecule has 0 saturated carbocycles. The summed E-state index contributed by atoms with van der Waals surface area (Å²) in [6, 6.07) is 6.41. The van der Waals surface area contributed by atoms with Crippen LogP contribution in [0.3, 0.4) is 0 Å². The highest BCUT2D eigenvalue weighted by molar-refractivity contribution is 6.42. The number of hydrogen-bond donors (Lipinski definition) is 0. The maximum Gasteiger partial charge on any atom is 0.213 e. The largest absolute Gasteiger partial charge is 0.481 e. The van der Waals surface area contributed by atoms with Gasteiger partial charge >= 0.3 is 0 Å². The van der Waals surface area contributed by atoms with Gasteiger partial charge in [-0.05, 0) is 17.7 Å². The first-order valence-corrected chi connectivity index (χ1v) is 5.52. The SMILES string of the molecule is COc1cc(-c2ccc(Cl)c(Cl)c2)c(F)cn1. The zero-order valence-corrected chi connectivity index (χ0v) is 10.4. The molecule has 0 aliphatic rings. The summed E-state index contributed by atoms with van der Waals surface area (Å²) in [5.74, 6) is -0.100. The van der Waals surface area contributed by atoms with Gasteiger partial charge in [0.1, 0.15) is 5.82 Å². The Bertz CT molecular complexity index is 560. The van der Waals surface area contributed by atoms with Crippen LogP contribution in [0.15, 0.2) is 30.5 Å². The molecular formula is C12H8Cl2FNO. The first kappa shape index (κ1) is 12.1. The summed E-state index contributed by atoms with van der Waals surface area (Å²) in [7, 11) is 1.47. The van der Waals surface area contributed by atoms with E-state index in [0.717, 1.165) is 6.20 Å². The van der Waals surface area contributed by atoms with E-state index >= 15 is 0 Å². The van der Waals surface area contributed by atoms with Crippen molar-refractivity contribution in [3.05, 3.63) is 46.3 Å². The number of halogens is 3. The van der Waals surface area contributed by atoms with Crippen LogP contribution in [-0.4, -0.2) is 12.1 Å². The van der Waals surface area contributed by atoms with Crippen LogP contribution in [0.25, 0.3) is 11.1 Å². The molecule has 0 bridgehead atoms.